The Morgan fingerprint density at radius 3 is 2.33 bits per heavy atom. The van der Waals surface area contributed by atoms with Crippen molar-refractivity contribution in [2.45, 2.75) is 6.04 Å². The van der Waals surface area contributed by atoms with Gasteiger partial charge < -0.3 is 15.2 Å². The third-order valence-corrected chi connectivity index (χ3v) is 4.35. The van der Waals surface area contributed by atoms with E-state index in [9.17, 15) is 4.39 Å². The van der Waals surface area contributed by atoms with E-state index in [0.717, 1.165) is 5.56 Å². The molecule has 0 spiro atoms. The van der Waals surface area contributed by atoms with Crippen molar-refractivity contribution in [2.24, 2.45) is 5.73 Å². The third-order valence-electron chi connectivity index (χ3n) is 3.14. The van der Waals surface area contributed by atoms with E-state index >= 15 is 0 Å². The quantitative estimate of drug-likeness (QED) is 0.867. The minimum absolute atomic E-state index is 0.321. The Morgan fingerprint density at radius 2 is 1.76 bits per heavy atom. The highest BCUT2D eigenvalue weighted by molar-refractivity contribution is 9.10. The standard InChI is InChI=1S/C15H14BrClFNO2/c1-20-13-6-9(12(18)7-14(13)21-2)15(19)8-3-4-11(17)10(16)5-8/h3-7,15H,19H2,1-2H3. The van der Waals surface area contributed by atoms with E-state index in [-0.39, 0.29) is 0 Å². The Kier molecular flexibility index (Phi) is 5.08. The van der Waals surface area contributed by atoms with Crippen LogP contribution in [0.15, 0.2) is 34.8 Å². The summed E-state index contributed by atoms with van der Waals surface area (Å²) < 4.78 is 25.2. The SMILES string of the molecule is COc1cc(F)c(C(N)c2ccc(Cl)c(Br)c2)cc1OC. The summed E-state index contributed by atoms with van der Waals surface area (Å²) in [4.78, 5) is 0. The van der Waals surface area contributed by atoms with Gasteiger partial charge in [0.05, 0.1) is 25.3 Å². The second-order valence-electron chi connectivity index (χ2n) is 4.38. The van der Waals surface area contributed by atoms with E-state index in [1.165, 1.54) is 20.3 Å². The summed E-state index contributed by atoms with van der Waals surface area (Å²) in [6.07, 6.45) is 0. The second-order valence-corrected chi connectivity index (χ2v) is 5.64. The van der Waals surface area contributed by atoms with E-state index in [4.69, 9.17) is 26.8 Å². The van der Waals surface area contributed by atoms with Crippen LogP contribution < -0.4 is 15.2 Å². The van der Waals surface area contributed by atoms with Gasteiger partial charge in [0.1, 0.15) is 5.82 Å². The molecule has 0 heterocycles. The van der Waals surface area contributed by atoms with Crippen LogP contribution in [-0.4, -0.2) is 14.2 Å². The lowest BCUT2D eigenvalue weighted by Crippen LogP contribution is -2.14. The molecule has 0 saturated heterocycles. The molecular weight excluding hydrogens is 361 g/mol. The number of hydrogen-bond donors (Lipinski definition) is 1. The van der Waals surface area contributed by atoms with E-state index in [2.05, 4.69) is 15.9 Å². The molecule has 2 aromatic carbocycles. The molecular formula is C15H14BrClFNO2. The fourth-order valence-corrected chi connectivity index (χ4v) is 2.51. The molecule has 3 nitrogen and oxygen atoms in total. The van der Waals surface area contributed by atoms with Crippen molar-refractivity contribution in [3.8, 4) is 11.5 Å². The molecule has 0 aliphatic heterocycles. The van der Waals surface area contributed by atoms with Crippen LogP contribution in [0.1, 0.15) is 17.2 Å². The van der Waals surface area contributed by atoms with E-state index in [1.54, 1.807) is 24.3 Å². The zero-order valence-electron chi connectivity index (χ0n) is 11.5. The van der Waals surface area contributed by atoms with Crippen LogP contribution in [-0.2, 0) is 0 Å². The first-order valence-electron chi connectivity index (χ1n) is 6.10. The highest BCUT2D eigenvalue weighted by atomic mass is 79.9. The molecule has 0 saturated carbocycles. The van der Waals surface area contributed by atoms with Gasteiger partial charge >= 0.3 is 0 Å². The van der Waals surface area contributed by atoms with Crippen LogP contribution in [0.25, 0.3) is 0 Å². The third kappa shape index (κ3) is 3.31. The van der Waals surface area contributed by atoms with Crippen molar-refractivity contribution in [1.82, 2.24) is 0 Å². The summed E-state index contributed by atoms with van der Waals surface area (Å²) in [5.74, 6) is 0.298. The topological polar surface area (TPSA) is 44.5 Å². The number of nitrogens with two attached hydrogens (primary N) is 1. The van der Waals surface area contributed by atoms with E-state index in [1.807, 2.05) is 0 Å². The van der Waals surface area contributed by atoms with Gasteiger partial charge in [-0.2, -0.15) is 0 Å². The first kappa shape index (κ1) is 16.1. The monoisotopic (exact) mass is 373 g/mol. The van der Waals surface area contributed by atoms with Gasteiger partial charge in [-0.05, 0) is 39.7 Å². The van der Waals surface area contributed by atoms with Crippen molar-refractivity contribution >= 4 is 27.5 Å². The van der Waals surface area contributed by atoms with Crippen LogP contribution in [0.4, 0.5) is 4.39 Å². The number of methoxy groups -OCH3 is 2. The number of rotatable bonds is 4. The van der Waals surface area contributed by atoms with Crippen LogP contribution in [0.5, 0.6) is 11.5 Å². The lowest BCUT2D eigenvalue weighted by molar-refractivity contribution is 0.351. The average molecular weight is 375 g/mol. The Labute approximate surface area is 135 Å². The minimum atomic E-state index is -0.640. The molecule has 112 valence electrons. The molecule has 1 atom stereocenters. The van der Waals surface area contributed by atoms with Crippen LogP contribution in [0.2, 0.25) is 5.02 Å². The maximum atomic E-state index is 14.2. The molecule has 0 aliphatic rings. The minimum Gasteiger partial charge on any atom is -0.493 e. The number of benzene rings is 2. The number of halogens is 3. The van der Waals surface area contributed by atoms with Crippen LogP contribution in [0.3, 0.4) is 0 Å². The van der Waals surface area contributed by atoms with Crippen molar-refractivity contribution in [3.63, 3.8) is 0 Å². The van der Waals surface area contributed by atoms with Gasteiger partial charge in [0.15, 0.2) is 11.5 Å². The van der Waals surface area contributed by atoms with Crippen molar-refractivity contribution in [1.29, 1.82) is 0 Å². The van der Waals surface area contributed by atoms with Crippen molar-refractivity contribution in [3.05, 3.63) is 56.8 Å². The summed E-state index contributed by atoms with van der Waals surface area (Å²) in [5, 5.41) is 0.568. The predicted molar refractivity (Wildman–Crippen MR) is 84.7 cm³/mol. The molecule has 0 aliphatic carbocycles. The highest BCUT2D eigenvalue weighted by Gasteiger charge is 2.18. The molecule has 0 amide bonds. The maximum Gasteiger partial charge on any atom is 0.163 e. The lowest BCUT2D eigenvalue weighted by atomic mass is 9.98. The average Bonchev–Trinajstić information content (AvgIpc) is 2.49. The summed E-state index contributed by atoms with van der Waals surface area (Å²) in [6.45, 7) is 0. The molecule has 0 fully saturated rings. The van der Waals surface area contributed by atoms with Gasteiger partial charge in [0.25, 0.3) is 0 Å². The molecule has 0 radical (unpaired) electrons. The van der Waals surface area contributed by atoms with Crippen LogP contribution in [0, 0.1) is 5.82 Å². The molecule has 0 bridgehead atoms. The molecule has 1 unspecified atom stereocenters. The first-order chi connectivity index (χ1) is 9.97. The smallest absolute Gasteiger partial charge is 0.163 e. The maximum absolute atomic E-state index is 14.2. The van der Waals surface area contributed by atoms with Gasteiger partial charge in [0.2, 0.25) is 0 Å². The van der Waals surface area contributed by atoms with Crippen LogP contribution >= 0.6 is 27.5 Å². The van der Waals surface area contributed by atoms with Gasteiger partial charge in [-0.1, -0.05) is 17.7 Å². The molecule has 0 aromatic heterocycles. The van der Waals surface area contributed by atoms with E-state index < -0.39 is 11.9 Å². The normalized spacial score (nSPS) is 12.1. The summed E-state index contributed by atoms with van der Waals surface area (Å²) >= 11 is 9.28. The van der Waals surface area contributed by atoms with Crippen molar-refractivity contribution in [2.75, 3.05) is 14.2 Å². The number of ether oxygens (including phenoxy) is 2. The number of hydrogen-bond acceptors (Lipinski definition) is 3. The Bertz CT molecular complexity index is 666. The van der Waals surface area contributed by atoms with Gasteiger partial charge in [-0.25, -0.2) is 4.39 Å². The fourth-order valence-electron chi connectivity index (χ4n) is 1.99. The van der Waals surface area contributed by atoms with Gasteiger partial charge in [-0.15, -0.1) is 0 Å². The summed E-state index contributed by atoms with van der Waals surface area (Å²) in [6, 6.07) is 7.40. The predicted octanol–water partition coefficient (Wildman–Crippen LogP) is 4.31. The largest absolute Gasteiger partial charge is 0.493 e. The Balaban J connectivity index is 2.47. The fraction of sp³-hybridized carbons (Fsp3) is 0.200. The van der Waals surface area contributed by atoms with Gasteiger partial charge in [-0.3, -0.25) is 0 Å². The molecule has 2 rings (SSSR count). The zero-order valence-corrected chi connectivity index (χ0v) is 13.8. The summed E-state index contributed by atoms with van der Waals surface area (Å²) in [7, 11) is 2.94. The van der Waals surface area contributed by atoms with Gasteiger partial charge in [0, 0.05) is 16.1 Å². The van der Waals surface area contributed by atoms with E-state index in [0.29, 0.717) is 26.6 Å². The lowest BCUT2D eigenvalue weighted by Gasteiger charge is -2.17. The first-order valence-corrected chi connectivity index (χ1v) is 7.27. The summed E-state index contributed by atoms with van der Waals surface area (Å²) in [5.41, 5.74) is 7.21. The molecule has 21 heavy (non-hydrogen) atoms. The molecule has 2 N–H and O–H groups in total. The van der Waals surface area contributed by atoms with Crippen molar-refractivity contribution < 1.29 is 13.9 Å². The highest BCUT2D eigenvalue weighted by Crippen LogP contribution is 2.35. The molecule has 6 heteroatoms. The Morgan fingerprint density at radius 1 is 1.14 bits per heavy atom. The second kappa shape index (κ2) is 6.64. The Hall–Kier alpha value is -1.30. The molecule has 2 aromatic rings. The zero-order chi connectivity index (χ0) is 15.6.